The minimum atomic E-state index is -0.446. The number of benzene rings is 2. The van der Waals surface area contributed by atoms with Gasteiger partial charge < -0.3 is 4.42 Å². The predicted molar refractivity (Wildman–Crippen MR) is 116 cm³/mol. The van der Waals surface area contributed by atoms with E-state index in [2.05, 4.69) is 16.2 Å². The van der Waals surface area contributed by atoms with Gasteiger partial charge in [0.1, 0.15) is 11.5 Å². The molecule has 6 nitrogen and oxygen atoms in total. The van der Waals surface area contributed by atoms with Gasteiger partial charge in [-0.1, -0.05) is 42.5 Å². The van der Waals surface area contributed by atoms with E-state index in [1.165, 1.54) is 12.2 Å². The molecule has 0 bridgehead atoms. The summed E-state index contributed by atoms with van der Waals surface area (Å²) < 4.78 is 5.33. The SMILES string of the molecule is Cc1ccc(/C=C/C(=O)NC(=S)NNC(=O)c2ccc(-c3ccccc3)cc2)o1. The van der Waals surface area contributed by atoms with Gasteiger partial charge in [-0.15, -0.1) is 0 Å². The predicted octanol–water partition coefficient (Wildman–Crippen LogP) is 3.60. The number of aryl methyl sites for hydroxylation is 1. The number of hydrogen-bond acceptors (Lipinski definition) is 4. The molecular weight excluding hydrogens is 386 g/mol. The Morgan fingerprint density at radius 1 is 0.897 bits per heavy atom. The highest BCUT2D eigenvalue weighted by Crippen LogP contribution is 2.19. The van der Waals surface area contributed by atoms with Crippen LogP contribution in [0.3, 0.4) is 0 Å². The second-order valence-electron chi connectivity index (χ2n) is 6.12. The van der Waals surface area contributed by atoms with E-state index >= 15 is 0 Å². The molecule has 0 aliphatic rings. The molecule has 0 unspecified atom stereocenters. The zero-order valence-corrected chi connectivity index (χ0v) is 16.5. The van der Waals surface area contributed by atoms with Crippen molar-refractivity contribution in [3.63, 3.8) is 0 Å². The third-order valence-electron chi connectivity index (χ3n) is 3.94. The number of carbonyl (C=O) groups excluding carboxylic acids is 2. The molecule has 146 valence electrons. The molecule has 3 rings (SSSR count). The summed E-state index contributed by atoms with van der Waals surface area (Å²) in [5.74, 6) is 0.492. The second kappa shape index (κ2) is 9.48. The summed E-state index contributed by atoms with van der Waals surface area (Å²) in [7, 11) is 0. The average Bonchev–Trinajstić information content (AvgIpc) is 3.16. The minimum absolute atomic E-state index is 0.0236. The summed E-state index contributed by atoms with van der Waals surface area (Å²) in [5, 5.41) is 2.41. The number of furan rings is 1. The van der Waals surface area contributed by atoms with Crippen LogP contribution >= 0.6 is 12.2 Å². The highest BCUT2D eigenvalue weighted by atomic mass is 32.1. The molecule has 3 aromatic rings. The number of nitrogens with one attached hydrogen (secondary N) is 3. The maximum absolute atomic E-state index is 12.2. The number of carbonyl (C=O) groups is 2. The van der Waals surface area contributed by atoms with Gasteiger partial charge in [-0.2, -0.15) is 0 Å². The second-order valence-corrected chi connectivity index (χ2v) is 6.53. The Bertz CT molecular complexity index is 1040. The highest BCUT2D eigenvalue weighted by Gasteiger charge is 2.07. The number of rotatable bonds is 4. The van der Waals surface area contributed by atoms with E-state index in [0.29, 0.717) is 11.3 Å². The summed E-state index contributed by atoms with van der Waals surface area (Å²) in [5.41, 5.74) is 7.49. The molecule has 3 N–H and O–H groups in total. The lowest BCUT2D eigenvalue weighted by Gasteiger charge is -2.10. The third kappa shape index (κ3) is 5.88. The van der Waals surface area contributed by atoms with Crippen molar-refractivity contribution in [2.75, 3.05) is 0 Å². The van der Waals surface area contributed by atoms with E-state index in [1.54, 1.807) is 24.3 Å². The Kier molecular flexibility index (Phi) is 6.55. The van der Waals surface area contributed by atoms with Crippen LogP contribution in [0.15, 0.2) is 77.2 Å². The molecule has 7 heteroatoms. The first-order valence-electron chi connectivity index (χ1n) is 8.82. The van der Waals surface area contributed by atoms with Gasteiger partial charge in [0.05, 0.1) is 0 Å². The maximum atomic E-state index is 12.2. The monoisotopic (exact) mass is 405 g/mol. The number of thiocarbonyl (C=S) groups is 1. The van der Waals surface area contributed by atoms with E-state index in [4.69, 9.17) is 16.6 Å². The lowest BCUT2D eigenvalue weighted by Crippen LogP contribution is -2.48. The fourth-order valence-corrected chi connectivity index (χ4v) is 2.67. The third-order valence-corrected chi connectivity index (χ3v) is 4.14. The molecule has 1 heterocycles. The molecule has 0 atom stereocenters. The van der Waals surface area contributed by atoms with Crippen molar-refractivity contribution < 1.29 is 14.0 Å². The Morgan fingerprint density at radius 3 is 2.24 bits per heavy atom. The summed E-state index contributed by atoms with van der Waals surface area (Å²) in [4.78, 5) is 24.1. The van der Waals surface area contributed by atoms with Crippen molar-refractivity contribution >= 4 is 35.2 Å². The normalized spacial score (nSPS) is 10.5. The highest BCUT2D eigenvalue weighted by molar-refractivity contribution is 7.80. The van der Waals surface area contributed by atoms with E-state index in [-0.39, 0.29) is 11.0 Å². The number of hydrazine groups is 1. The van der Waals surface area contributed by atoms with Crippen LogP contribution < -0.4 is 16.2 Å². The van der Waals surface area contributed by atoms with Crippen LogP contribution in [-0.2, 0) is 4.79 Å². The first kappa shape index (κ1) is 20.0. The largest absolute Gasteiger partial charge is 0.462 e. The van der Waals surface area contributed by atoms with Crippen molar-refractivity contribution in [1.29, 1.82) is 0 Å². The fourth-order valence-electron chi connectivity index (χ4n) is 2.52. The minimum Gasteiger partial charge on any atom is -0.462 e. The average molecular weight is 405 g/mol. The molecule has 0 fully saturated rings. The molecule has 0 radical (unpaired) electrons. The Morgan fingerprint density at radius 2 is 1.59 bits per heavy atom. The Balaban J connectivity index is 1.47. The molecule has 1 aromatic heterocycles. The van der Waals surface area contributed by atoms with Gasteiger partial charge in [0.15, 0.2) is 5.11 Å². The Labute approximate surface area is 173 Å². The van der Waals surface area contributed by atoms with Crippen LogP contribution in [-0.4, -0.2) is 16.9 Å². The molecule has 0 spiro atoms. The first-order chi connectivity index (χ1) is 14.0. The van der Waals surface area contributed by atoms with Crippen molar-refractivity contribution in [1.82, 2.24) is 16.2 Å². The molecule has 0 saturated carbocycles. The van der Waals surface area contributed by atoms with Crippen molar-refractivity contribution in [3.05, 3.63) is 89.9 Å². The van der Waals surface area contributed by atoms with Gasteiger partial charge in [-0.05, 0) is 60.6 Å². The van der Waals surface area contributed by atoms with Crippen molar-refractivity contribution in [3.8, 4) is 11.1 Å². The first-order valence-corrected chi connectivity index (χ1v) is 9.23. The summed E-state index contributed by atoms with van der Waals surface area (Å²) in [6.45, 7) is 1.81. The lowest BCUT2D eigenvalue weighted by molar-refractivity contribution is -0.115. The summed E-state index contributed by atoms with van der Waals surface area (Å²) >= 11 is 5.00. The van der Waals surface area contributed by atoms with Gasteiger partial charge in [0, 0.05) is 11.6 Å². The maximum Gasteiger partial charge on any atom is 0.269 e. The van der Waals surface area contributed by atoms with Crippen LogP contribution in [0.1, 0.15) is 21.9 Å². The van der Waals surface area contributed by atoms with Crippen molar-refractivity contribution in [2.24, 2.45) is 0 Å². The quantitative estimate of drug-likeness (QED) is 0.351. The van der Waals surface area contributed by atoms with E-state index < -0.39 is 5.91 Å². The van der Waals surface area contributed by atoms with E-state index in [1.807, 2.05) is 49.4 Å². The van der Waals surface area contributed by atoms with E-state index in [0.717, 1.165) is 16.9 Å². The van der Waals surface area contributed by atoms with Crippen LogP contribution in [0.25, 0.3) is 17.2 Å². The van der Waals surface area contributed by atoms with Crippen LogP contribution in [0.2, 0.25) is 0 Å². The summed E-state index contributed by atoms with van der Waals surface area (Å²) in [6, 6.07) is 20.6. The van der Waals surface area contributed by atoms with Gasteiger partial charge in [0.25, 0.3) is 5.91 Å². The molecular formula is C22H19N3O3S. The standard InChI is InChI=1S/C22H19N3O3S/c1-15-7-12-19(28-15)13-14-20(26)23-22(29)25-24-21(27)18-10-8-17(9-11-18)16-5-3-2-4-6-16/h2-14H,1H3,(H,24,27)(H2,23,25,26,29)/b14-13+. The lowest BCUT2D eigenvalue weighted by atomic mass is 10.0. The van der Waals surface area contributed by atoms with E-state index in [9.17, 15) is 9.59 Å². The molecule has 2 amide bonds. The van der Waals surface area contributed by atoms with Crippen LogP contribution in [0.4, 0.5) is 0 Å². The van der Waals surface area contributed by atoms with Crippen molar-refractivity contribution in [2.45, 2.75) is 6.92 Å². The van der Waals surface area contributed by atoms with Crippen LogP contribution in [0.5, 0.6) is 0 Å². The topological polar surface area (TPSA) is 83.4 Å². The zero-order valence-electron chi connectivity index (χ0n) is 15.6. The van der Waals surface area contributed by atoms with Gasteiger partial charge in [-0.25, -0.2) is 0 Å². The Hall–Kier alpha value is -3.71. The van der Waals surface area contributed by atoms with Gasteiger partial charge in [-0.3, -0.25) is 25.8 Å². The molecule has 0 aliphatic carbocycles. The summed E-state index contributed by atoms with van der Waals surface area (Å²) in [6.07, 6.45) is 2.81. The molecule has 0 saturated heterocycles. The number of hydrogen-bond donors (Lipinski definition) is 3. The zero-order chi connectivity index (χ0) is 20.6. The molecule has 29 heavy (non-hydrogen) atoms. The smallest absolute Gasteiger partial charge is 0.269 e. The number of amides is 2. The fraction of sp³-hybridized carbons (Fsp3) is 0.0455. The molecule has 0 aliphatic heterocycles. The van der Waals surface area contributed by atoms with Gasteiger partial charge >= 0.3 is 0 Å². The van der Waals surface area contributed by atoms with Gasteiger partial charge in [0.2, 0.25) is 5.91 Å². The molecule has 2 aromatic carbocycles. The van der Waals surface area contributed by atoms with Crippen LogP contribution in [0, 0.1) is 6.92 Å².